The number of ketones is 2. The summed E-state index contributed by atoms with van der Waals surface area (Å²) in [7, 11) is 0. The molecular formula is C36H37IO4. The van der Waals surface area contributed by atoms with Crippen molar-refractivity contribution in [1.82, 2.24) is 0 Å². The summed E-state index contributed by atoms with van der Waals surface area (Å²) in [5.74, 6) is 0.327. The predicted octanol–water partition coefficient (Wildman–Crippen LogP) is 8.25. The molecule has 0 spiro atoms. The van der Waals surface area contributed by atoms with Crippen molar-refractivity contribution >= 4 is 34.2 Å². The van der Waals surface area contributed by atoms with Crippen LogP contribution in [0, 0.1) is 0 Å². The van der Waals surface area contributed by atoms with Gasteiger partial charge in [0.05, 0.1) is 0 Å². The molecule has 0 fully saturated rings. The van der Waals surface area contributed by atoms with E-state index in [1.165, 1.54) is 26.7 Å². The van der Waals surface area contributed by atoms with Crippen molar-refractivity contribution < 1.29 is 19.4 Å². The van der Waals surface area contributed by atoms with E-state index in [1.807, 2.05) is 61.5 Å². The largest absolute Gasteiger partial charge is 0.384 e. The number of aliphatic hydroxyl groups is 1. The molecule has 1 N–H and O–H groups in total. The third-order valence-electron chi connectivity index (χ3n) is 7.13. The lowest BCUT2D eigenvalue weighted by atomic mass is 10.0. The summed E-state index contributed by atoms with van der Waals surface area (Å²) in [6, 6.07) is 28.5. The first kappa shape index (κ1) is 30.8. The number of Topliss-reactive ketones (excluding diaryl/α,β-unsaturated/α-hetero) is 2. The van der Waals surface area contributed by atoms with Crippen LogP contribution in [0.1, 0.15) is 73.3 Å². The van der Waals surface area contributed by atoms with Crippen LogP contribution in [0.4, 0.5) is 0 Å². The fourth-order valence-corrected chi connectivity index (χ4v) is 5.59. The van der Waals surface area contributed by atoms with E-state index in [0.717, 1.165) is 33.4 Å². The zero-order valence-corrected chi connectivity index (χ0v) is 26.3. The van der Waals surface area contributed by atoms with Gasteiger partial charge in [-0.2, -0.15) is 0 Å². The predicted molar refractivity (Wildman–Crippen MR) is 175 cm³/mol. The van der Waals surface area contributed by atoms with Crippen molar-refractivity contribution in [2.45, 2.75) is 52.7 Å². The van der Waals surface area contributed by atoms with E-state index in [4.69, 9.17) is 4.74 Å². The molecule has 212 valence electrons. The average molecular weight is 661 g/mol. The van der Waals surface area contributed by atoms with E-state index in [0.29, 0.717) is 19.4 Å². The van der Waals surface area contributed by atoms with Crippen molar-refractivity contribution in [2.24, 2.45) is 0 Å². The second kappa shape index (κ2) is 14.2. The van der Waals surface area contributed by atoms with Crippen LogP contribution in [0.5, 0.6) is 0 Å². The number of halogens is 1. The Morgan fingerprint density at radius 3 is 1.66 bits per heavy atom. The van der Waals surface area contributed by atoms with Crippen molar-refractivity contribution in [3.8, 4) is 22.3 Å². The highest BCUT2D eigenvalue weighted by Crippen LogP contribution is 2.46. The smallest absolute Gasteiger partial charge is 0.134 e. The lowest BCUT2D eigenvalue weighted by Crippen LogP contribution is -2.03. The van der Waals surface area contributed by atoms with E-state index in [2.05, 4.69) is 59.8 Å². The second-order valence-corrected chi connectivity index (χ2v) is 11.8. The minimum atomic E-state index is -0.567. The van der Waals surface area contributed by atoms with Crippen LogP contribution < -0.4 is 0 Å². The van der Waals surface area contributed by atoms with Crippen LogP contribution in [0.15, 0.2) is 84.9 Å². The average Bonchev–Trinajstić information content (AvgIpc) is 3.41. The molecule has 0 radical (unpaired) electrons. The number of rotatable bonds is 6. The van der Waals surface area contributed by atoms with Gasteiger partial charge in [-0.1, -0.05) is 114 Å². The van der Waals surface area contributed by atoms with Gasteiger partial charge in [0.25, 0.3) is 0 Å². The fourth-order valence-electron chi connectivity index (χ4n) is 5.59. The maximum Gasteiger partial charge on any atom is 0.134 e. The minimum Gasteiger partial charge on any atom is -0.384 e. The van der Waals surface area contributed by atoms with E-state index in [9.17, 15) is 14.7 Å². The molecular weight excluding hydrogens is 623 g/mol. The van der Waals surface area contributed by atoms with Crippen LogP contribution in [0.3, 0.4) is 0 Å². The summed E-state index contributed by atoms with van der Waals surface area (Å²) in [5, 5.41) is 10.3. The monoisotopic (exact) mass is 660 g/mol. The van der Waals surface area contributed by atoms with Gasteiger partial charge < -0.3 is 9.84 Å². The molecule has 0 aliphatic heterocycles. The molecule has 0 heterocycles. The van der Waals surface area contributed by atoms with Crippen LogP contribution in [0.2, 0.25) is 0 Å². The van der Waals surface area contributed by atoms with Gasteiger partial charge in [0.1, 0.15) is 23.8 Å². The summed E-state index contributed by atoms with van der Waals surface area (Å²) in [6.07, 6.45) is 0.347. The molecule has 4 aromatic rings. The highest BCUT2D eigenvalue weighted by molar-refractivity contribution is 14.1. The molecule has 2 atom stereocenters. The quantitative estimate of drug-likeness (QED) is 0.167. The number of aliphatic hydroxyl groups excluding tert-OH is 1. The Hall–Kier alpha value is -3.13. The summed E-state index contributed by atoms with van der Waals surface area (Å²) in [6.45, 7) is 8.01. The normalized spacial score (nSPS) is 15.3. The Kier molecular flexibility index (Phi) is 10.6. The van der Waals surface area contributed by atoms with Crippen LogP contribution in [-0.4, -0.2) is 27.7 Å². The van der Waals surface area contributed by atoms with Gasteiger partial charge in [-0.25, -0.2) is 0 Å². The topological polar surface area (TPSA) is 63.6 Å². The number of hydrogen-bond acceptors (Lipinski definition) is 4. The van der Waals surface area contributed by atoms with Crippen LogP contribution in [-0.2, 0) is 27.2 Å². The van der Waals surface area contributed by atoms with E-state index >= 15 is 0 Å². The highest BCUT2D eigenvalue weighted by Gasteiger charge is 2.29. The molecule has 4 aromatic carbocycles. The van der Waals surface area contributed by atoms with E-state index < -0.39 is 6.10 Å². The number of alkyl halides is 1. The molecule has 0 saturated heterocycles. The number of ether oxygens (including phenoxy) is 1. The Morgan fingerprint density at radius 2 is 1.12 bits per heavy atom. The van der Waals surface area contributed by atoms with Crippen molar-refractivity contribution in [1.29, 1.82) is 0 Å². The van der Waals surface area contributed by atoms with Crippen molar-refractivity contribution in [2.75, 3.05) is 11.0 Å². The Balaban J connectivity index is 0.000000173. The Labute approximate surface area is 256 Å². The van der Waals surface area contributed by atoms with Gasteiger partial charge >= 0.3 is 0 Å². The first-order valence-corrected chi connectivity index (χ1v) is 15.6. The van der Waals surface area contributed by atoms with Gasteiger partial charge in [-0.3, -0.25) is 9.59 Å². The van der Waals surface area contributed by atoms with Gasteiger partial charge in [-0.05, 0) is 80.8 Å². The Morgan fingerprint density at radius 1 is 0.683 bits per heavy atom. The lowest BCUT2D eigenvalue weighted by molar-refractivity contribution is -0.117. The Bertz CT molecular complexity index is 1540. The van der Waals surface area contributed by atoms with Gasteiger partial charge in [0, 0.05) is 19.4 Å². The molecule has 0 aromatic heterocycles. The van der Waals surface area contributed by atoms with Crippen molar-refractivity contribution in [3.05, 3.63) is 118 Å². The highest BCUT2D eigenvalue weighted by atomic mass is 127. The van der Waals surface area contributed by atoms with Gasteiger partial charge in [0.2, 0.25) is 0 Å². The molecule has 4 nitrogen and oxygen atoms in total. The summed E-state index contributed by atoms with van der Waals surface area (Å²) >= 11 is 2.29. The zero-order valence-electron chi connectivity index (χ0n) is 24.1. The van der Waals surface area contributed by atoms with Crippen molar-refractivity contribution in [3.63, 3.8) is 0 Å². The van der Waals surface area contributed by atoms with Crippen LogP contribution in [0.25, 0.3) is 22.3 Å². The van der Waals surface area contributed by atoms with Crippen LogP contribution >= 0.6 is 22.6 Å². The first-order chi connectivity index (χ1) is 19.8. The molecule has 2 aliphatic carbocycles. The summed E-state index contributed by atoms with van der Waals surface area (Å²) in [5.41, 5.74) is 10.9. The van der Waals surface area contributed by atoms with E-state index in [-0.39, 0.29) is 17.7 Å². The standard InChI is InChI=1S/C18H18O2.C16H14O2.C2H5I/c1-3-20-18-16-7-5-4-6-14(16)15-9-8-13(10-12(2)19)11-17(15)18;1-10(17)8-11-6-7-13-12-4-2-3-5-14(12)16(18)15(13)9-11;1-2-3/h4-9,11,18H,3,10H2,1-2H3;2-7,9,16,18H,8H2,1H3;2H2,1H3. The summed E-state index contributed by atoms with van der Waals surface area (Å²) in [4.78, 5) is 22.5. The maximum atomic E-state index is 11.3. The molecule has 0 saturated carbocycles. The second-order valence-electron chi connectivity index (χ2n) is 10.3. The van der Waals surface area contributed by atoms with Gasteiger partial charge in [0.15, 0.2) is 0 Å². The number of fused-ring (bicyclic) bond motifs is 6. The fraction of sp³-hybridized carbons (Fsp3) is 0.278. The number of benzene rings is 4. The third kappa shape index (κ3) is 7.03. The molecule has 5 heteroatoms. The first-order valence-electron chi connectivity index (χ1n) is 14.1. The molecule has 2 aliphatic rings. The lowest BCUT2D eigenvalue weighted by Gasteiger charge is -2.14. The molecule has 0 amide bonds. The molecule has 0 bridgehead atoms. The number of hydrogen-bond donors (Lipinski definition) is 1. The minimum absolute atomic E-state index is 0.00175. The molecule has 41 heavy (non-hydrogen) atoms. The number of carbonyl (C=O) groups is 2. The third-order valence-corrected chi connectivity index (χ3v) is 7.13. The maximum absolute atomic E-state index is 11.3. The molecule has 2 unspecified atom stereocenters. The number of carbonyl (C=O) groups excluding carboxylic acids is 2. The summed E-state index contributed by atoms with van der Waals surface area (Å²) < 4.78 is 7.15. The van der Waals surface area contributed by atoms with E-state index in [1.54, 1.807) is 13.8 Å². The SMILES string of the molecule is CC(=O)Cc1ccc2c(c1)C(O)c1ccccc1-2.CCI.CCOC1c2ccccc2-c2ccc(CC(C)=O)cc21. The zero-order chi connectivity index (χ0) is 29.5. The molecule has 6 rings (SSSR count). The van der Waals surface area contributed by atoms with Gasteiger partial charge in [-0.15, -0.1) is 0 Å².